The molecule has 0 aliphatic heterocycles. The summed E-state index contributed by atoms with van der Waals surface area (Å²) in [5.74, 6) is 1.37. The van der Waals surface area contributed by atoms with E-state index in [0.29, 0.717) is 12.4 Å². The van der Waals surface area contributed by atoms with Gasteiger partial charge in [-0.1, -0.05) is 34.1 Å². The highest BCUT2D eigenvalue weighted by molar-refractivity contribution is 9.10. The molecular weight excluding hydrogens is 336 g/mol. The predicted molar refractivity (Wildman–Crippen MR) is 87.4 cm³/mol. The van der Waals surface area contributed by atoms with Crippen molar-refractivity contribution in [2.45, 2.75) is 17.9 Å². The summed E-state index contributed by atoms with van der Waals surface area (Å²) in [5, 5.41) is 10.3. The summed E-state index contributed by atoms with van der Waals surface area (Å²) in [4.78, 5) is 1.14. The van der Waals surface area contributed by atoms with E-state index in [9.17, 15) is 5.11 Å². The molecule has 0 aliphatic rings. The first-order valence-electron chi connectivity index (χ1n) is 6.49. The Morgan fingerprint density at radius 2 is 1.85 bits per heavy atom. The second-order valence-corrected chi connectivity index (χ2v) is 6.26. The smallest absolute Gasteiger partial charge is 0.125 e. The Balaban J connectivity index is 2.01. The van der Waals surface area contributed by atoms with Gasteiger partial charge in [0.25, 0.3) is 0 Å². The molecule has 4 heteroatoms. The van der Waals surface area contributed by atoms with Gasteiger partial charge < -0.3 is 9.84 Å². The third kappa shape index (κ3) is 4.27. The topological polar surface area (TPSA) is 29.5 Å². The first-order valence-corrected chi connectivity index (χ1v) is 8.26. The van der Waals surface area contributed by atoms with Gasteiger partial charge >= 0.3 is 0 Å². The molecule has 2 rings (SSSR count). The largest absolute Gasteiger partial charge is 0.493 e. The Hall–Kier alpha value is -0.970. The minimum Gasteiger partial charge on any atom is -0.493 e. The van der Waals surface area contributed by atoms with Gasteiger partial charge in [0, 0.05) is 20.7 Å². The second-order valence-electron chi connectivity index (χ2n) is 4.25. The molecule has 0 radical (unpaired) electrons. The van der Waals surface area contributed by atoms with Crippen LogP contribution < -0.4 is 4.74 Å². The highest BCUT2D eigenvalue weighted by atomic mass is 79.9. The summed E-state index contributed by atoms with van der Waals surface area (Å²) in [6, 6.07) is 15.7. The fraction of sp³-hybridized carbons (Fsp3) is 0.250. The van der Waals surface area contributed by atoms with Crippen LogP contribution in [-0.2, 0) is 0 Å². The van der Waals surface area contributed by atoms with E-state index in [1.54, 1.807) is 11.8 Å². The van der Waals surface area contributed by atoms with E-state index in [0.717, 1.165) is 20.7 Å². The molecule has 0 spiro atoms. The van der Waals surface area contributed by atoms with Crippen molar-refractivity contribution in [3.8, 4) is 5.75 Å². The summed E-state index contributed by atoms with van der Waals surface area (Å²) < 4.78 is 6.61. The SMILES string of the molecule is CCOc1ccccc1C(O)CSc1ccc(Br)cc1. The third-order valence-electron chi connectivity index (χ3n) is 2.80. The van der Waals surface area contributed by atoms with Crippen molar-refractivity contribution in [2.24, 2.45) is 0 Å². The van der Waals surface area contributed by atoms with Crippen molar-refractivity contribution in [3.05, 3.63) is 58.6 Å². The van der Waals surface area contributed by atoms with Gasteiger partial charge in [0.1, 0.15) is 5.75 Å². The van der Waals surface area contributed by atoms with Crippen LogP contribution in [0.1, 0.15) is 18.6 Å². The van der Waals surface area contributed by atoms with Crippen LogP contribution in [0.5, 0.6) is 5.75 Å². The van der Waals surface area contributed by atoms with Crippen molar-refractivity contribution in [1.29, 1.82) is 0 Å². The molecule has 0 aromatic heterocycles. The standard InChI is InChI=1S/C16H17BrO2S/c1-2-19-16-6-4-3-5-14(16)15(18)11-20-13-9-7-12(17)8-10-13/h3-10,15,18H,2,11H2,1H3. The predicted octanol–water partition coefficient (Wildman–Crippen LogP) is 4.67. The van der Waals surface area contributed by atoms with Gasteiger partial charge in [-0.3, -0.25) is 0 Å². The van der Waals surface area contributed by atoms with Crippen molar-refractivity contribution in [1.82, 2.24) is 0 Å². The van der Waals surface area contributed by atoms with Crippen molar-refractivity contribution in [3.63, 3.8) is 0 Å². The molecule has 0 saturated heterocycles. The molecule has 2 aromatic carbocycles. The second kappa shape index (κ2) is 7.72. The number of aliphatic hydroxyl groups is 1. The van der Waals surface area contributed by atoms with Crippen LogP contribution in [0.2, 0.25) is 0 Å². The molecule has 2 aromatic rings. The molecule has 0 saturated carbocycles. The average Bonchev–Trinajstić information content (AvgIpc) is 2.47. The zero-order valence-corrected chi connectivity index (χ0v) is 13.7. The lowest BCUT2D eigenvalue weighted by Gasteiger charge is -2.15. The van der Waals surface area contributed by atoms with Gasteiger partial charge in [-0.2, -0.15) is 0 Å². The number of thioether (sulfide) groups is 1. The van der Waals surface area contributed by atoms with Gasteiger partial charge in [0.05, 0.1) is 12.7 Å². The Bertz CT molecular complexity index is 542. The number of halogens is 1. The van der Waals surface area contributed by atoms with Crippen LogP contribution in [-0.4, -0.2) is 17.5 Å². The monoisotopic (exact) mass is 352 g/mol. The lowest BCUT2D eigenvalue weighted by atomic mass is 10.1. The number of aliphatic hydroxyl groups excluding tert-OH is 1. The van der Waals surface area contributed by atoms with Gasteiger partial charge in [0.2, 0.25) is 0 Å². The number of benzene rings is 2. The molecule has 20 heavy (non-hydrogen) atoms. The molecule has 1 atom stereocenters. The van der Waals surface area contributed by atoms with E-state index in [1.807, 2.05) is 55.5 Å². The lowest BCUT2D eigenvalue weighted by molar-refractivity contribution is 0.196. The molecule has 0 bridgehead atoms. The molecule has 1 N–H and O–H groups in total. The van der Waals surface area contributed by atoms with Crippen LogP contribution in [0.4, 0.5) is 0 Å². The fourth-order valence-corrected chi connectivity index (χ4v) is 2.96. The number of rotatable bonds is 6. The fourth-order valence-electron chi connectivity index (χ4n) is 1.84. The van der Waals surface area contributed by atoms with Crippen LogP contribution in [0.3, 0.4) is 0 Å². The summed E-state index contributed by atoms with van der Waals surface area (Å²) in [7, 11) is 0. The number of para-hydroxylation sites is 1. The molecule has 0 fully saturated rings. The van der Waals surface area contributed by atoms with Crippen molar-refractivity contribution >= 4 is 27.7 Å². The van der Waals surface area contributed by atoms with E-state index in [1.165, 1.54) is 0 Å². The molecule has 0 amide bonds. The molecular formula is C16H17BrO2S. The van der Waals surface area contributed by atoms with E-state index in [2.05, 4.69) is 15.9 Å². The zero-order chi connectivity index (χ0) is 14.4. The summed E-state index contributed by atoms with van der Waals surface area (Å²) in [5.41, 5.74) is 0.846. The Morgan fingerprint density at radius 3 is 2.55 bits per heavy atom. The maximum absolute atomic E-state index is 10.3. The van der Waals surface area contributed by atoms with E-state index < -0.39 is 6.10 Å². The van der Waals surface area contributed by atoms with Crippen molar-refractivity contribution < 1.29 is 9.84 Å². The van der Waals surface area contributed by atoms with Crippen LogP contribution in [0.25, 0.3) is 0 Å². The summed E-state index contributed by atoms with van der Waals surface area (Å²) >= 11 is 5.05. The van der Waals surface area contributed by atoms with Crippen LogP contribution in [0.15, 0.2) is 57.9 Å². The van der Waals surface area contributed by atoms with Gasteiger partial charge in [-0.25, -0.2) is 0 Å². The maximum Gasteiger partial charge on any atom is 0.125 e. The molecule has 1 unspecified atom stereocenters. The van der Waals surface area contributed by atoms with Gasteiger partial charge in [-0.05, 0) is 37.3 Å². The Labute approximate surface area is 132 Å². The number of hydrogen-bond acceptors (Lipinski definition) is 3. The highest BCUT2D eigenvalue weighted by Gasteiger charge is 2.13. The first kappa shape index (κ1) is 15.4. The average molecular weight is 353 g/mol. The lowest BCUT2D eigenvalue weighted by Crippen LogP contribution is -2.04. The minimum absolute atomic E-state index is 0.536. The van der Waals surface area contributed by atoms with E-state index >= 15 is 0 Å². The maximum atomic E-state index is 10.3. The summed E-state index contributed by atoms with van der Waals surface area (Å²) in [6.45, 7) is 2.54. The molecule has 106 valence electrons. The summed E-state index contributed by atoms with van der Waals surface area (Å²) in [6.07, 6.45) is -0.536. The molecule has 0 heterocycles. The normalized spacial score (nSPS) is 12.2. The van der Waals surface area contributed by atoms with Crippen LogP contribution >= 0.6 is 27.7 Å². The Kier molecular flexibility index (Phi) is 5.95. The third-order valence-corrected chi connectivity index (χ3v) is 4.42. The number of hydrogen-bond donors (Lipinski definition) is 1. The first-order chi connectivity index (χ1) is 9.70. The zero-order valence-electron chi connectivity index (χ0n) is 11.3. The Morgan fingerprint density at radius 1 is 1.15 bits per heavy atom. The van der Waals surface area contributed by atoms with Gasteiger partial charge in [-0.15, -0.1) is 11.8 Å². The van der Waals surface area contributed by atoms with E-state index in [-0.39, 0.29) is 0 Å². The minimum atomic E-state index is -0.536. The van der Waals surface area contributed by atoms with E-state index in [4.69, 9.17) is 4.74 Å². The quantitative estimate of drug-likeness (QED) is 0.765. The number of ether oxygens (including phenoxy) is 1. The van der Waals surface area contributed by atoms with Gasteiger partial charge in [0.15, 0.2) is 0 Å². The van der Waals surface area contributed by atoms with Crippen LogP contribution in [0, 0.1) is 0 Å². The molecule has 0 aliphatic carbocycles. The molecule has 2 nitrogen and oxygen atoms in total. The van der Waals surface area contributed by atoms with Crippen molar-refractivity contribution in [2.75, 3.05) is 12.4 Å². The highest BCUT2D eigenvalue weighted by Crippen LogP contribution is 2.30.